The number of carbonyl (C=O) groups excluding carboxylic acids is 7. The number of fused-ring (bicyclic) bond motifs is 1. The second-order valence-corrected chi connectivity index (χ2v) is 13.9. The number of pyridine rings is 1. The molecule has 1 unspecified atom stereocenters. The van der Waals surface area contributed by atoms with Gasteiger partial charge in [-0.25, -0.2) is 9.67 Å². The largest absolute Gasteiger partial charge is 0.444 e. The minimum Gasteiger partial charge on any atom is -0.444 e. The number of aryl methyl sites for hydroxylation is 1. The number of Topliss-reactive ketones (excluding diaryl/α,β-unsaturated/α-hetero) is 1. The summed E-state index contributed by atoms with van der Waals surface area (Å²) in [6.45, 7) is 0.0683. The number of rotatable bonds is 13. The lowest BCUT2D eigenvalue weighted by atomic mass is 10.0. The number of imide groups is 2. The third-order valence-corrected chi connectivity index (χ3v) is 9.67. The number of carbonyl (C=O) groups is 7. The number of amides is 6. The topological polar surface area (TPSA) is 242 Å². The third kappa shape index (κ3) is 9.82. The lowest BCUT2D eigenvalue weighted by Crippen LogP contribution is -2.54. The van der Waals surface area contributed by atoms with Crippen LogP contribution in [0.3, 0.4) is 0 Å². The first-order valence-electron chi connectivity index (χ1n) is 19.0. The molecule has 2 aliphatic rings. The first kappa shape index (κ1) is 42.7. The van der Waals surface area contributed by atoms with Crippen LogP contribution in [0.25, 0.3) is 17.1 Å². The summed E-state index contributed by atoms with van der Waals surface area (Å²) in [5, 5.41) is 11.8. The maximum absolute atomic E-state index is 13.2. The van der Waals surface area contributed by atoms with E-state index in [2.05, 4.69) is 54.7 Å². The van der Waals surface area contributed by atoms with Crippen LogP contribution in [0, 0.1) is 23.7 Å². The van der Waals surface area contributed by atoms with E-state index in [1.807, 2.05) is 0 Å². The van der Waals surface area contributed by atoms with Crippen LogP contribution in [0.2, 0.25) is 0 Å². The predicted molar refractivity (Wildman–Crippen MR) is 215 cm³/mol. The van der Waals surface area contributed by atoms with Gasteiger partial charge in [-0.05, 0) is 73.2 Å². The number of nitrogens with zero attached hydrogens (tertiary/aromatic N) is 5. The van der Waals surface area contributed by atoms with Gasteiger partial charge in [0, 0.05) is 54.4 Å². The molecule has 20 heteroatoms. The van der Waals surface area contributed by atoms with E-state index in [1.165, 1.54) is 35.3 Å². The van der Waals surface area contributed by atoms with E-state index >= 15 is 0 Å². The summed E-state index contributed by atoms with van der Waals surface area (Å²) in [5.74, 6) is 6.51. The smallest absolute Gasteiger partial charge is 0.389 e. The molecule has 3 aromatic heterocycles. The molecule has 318 valence electrons. The molecular formula is C43H32F3N9O8. The van der Waals surface area contributed by atoms with Crippen LogP contribution >= 0.6 is 0 Å². The minimum absolute atomic E-state index is 0.00825. The van der Waals surface area contributed by atoms with Crippen molar-refractivity contribution in [1.82, 2.24) is 30.0 Å². The van der Waals surface area contributed by atoms with Crippen molar-refractivity contribution >= 4 is 52.6 Å². The van der Waals surface area contributed by atoms with Crippen molar-refractivity contribution in [3.63, 3.8) is 0 Å². The van der Waals surface area contributed by atoms with E-state index in [9.17, 15) is 46.7 Å². The molecule has 0 radical (unpaired) electrons. The number of hydrogen-bond donors (Lipinski definition) is 4. The van der Waals surface area contributed by atoms with Gasteiger partial charge in [0.1, 0.15) is 12.3 Å². The SMILES string of the molecule is NC(=O)c1nn(-c2ccc(C(=O)CCC#CC#CCNc3cccc4c3C(=O)N(C3CCC(=O)NC3=O)C4=O)cc2)cc1NC(=O)c1coc(-c2ccnc(CCC(F)(F)F)c2)n1. The van der Waals surface area contributed by atoms with Crippen LogP contribution in [0.4, 0.5) is 24.5 Å². The van der Waals surface area contributed by atoms with Crippen molar-refractivity contribution in [1.29, 1.82) is 0 Å². The molecule has 17 nitrogen and oxygen atoms in total. The van der Waals surface area contributed by atoms with Gasteiger partial charge in [-0.15, -0.1) is 0 Å². The van der Waals surface area contributed by atoms with Gasteiger partial charge in [-0.2, -0.15) is 18.3 Å². The number of oxazole rings is 1. The van der Waals surface area contributed by atoms with Gasteiger partial charge in [-0.1, -0.05) is 17.9 Å². The van der Waals surface area contributed by atoms with Gasteiger partial charge in [0.05, 0.1) is 35.2 Å². The number of benzene rings is 2. The van der Waals surface area contributed by atoms with Crippen molar-refractivity contribution in [2.45, 2.75) is 50.7 Å². The summed E-state index contributed by atoms with van der Waals surface area (Å²) in [6, 6.07) is 12.7. The van der Waals surface area contributed by atoms with Crippen LogP contribution in [-0.4, -0.2) is 84.6 Å². The molecule has 63 heavy (non-hydrogen) atoms. The van der Waals surface area contributed by atoms with Crippen LogP contribution in [0.15, 0.2) is 77.7 Å². The Balaban J connectivity index is 0.906. The van der Waals surface area contributed by atoms with Crippen molar-refractivity contribution in [3.8, 4) is 40.8 Å². The van der Waals surface area contributed by atoms with Crippen LogP contribution in [0.1, 0.15) is 89.8 Å². The highest BCUT2D eigenvalue weighted by molar-refractivity contribution is 6.25. The summed E-state index contributed by atoms with van der Waals surface area (Å²) in [6.07, 6.45) is -1.77. The van der Waals surface area contributed by atoms with Gasteiger partial charge in [0.25, 0.3) is 23.6 Å². The molecular weight excluding hydrogens is 828 g/mol. The second-order valence-electron chi connectivity index (χ2n) is 13.9. The number of nitrogens with two attached hydrogens (primary N) is 1. The van der Waals surface area contributed by atoms with Gasteiger partial charge < -0.3 is 20.8 Å². The van der Waals surface area contributed by atoms with Crippen LogP contribution < -0.4 is 21.7 Å². The number of anilines is 2. The number of aromatic nitrogens is 4. The summed E-state index contributed by atoms with van der Waals surface area (Å²) in [7, 11) is 0. The summed E-state index contributed by atoms with van der Waals surface area (Å²) >= 11 is 0. The Labute approximate surface area is 354 Å². The normalized spacial score (nSPS) is 14.5. The van der Waals surface area contributed by atoms with Crippen molar-refractivity contribution < 1.29 is 51.2 Å². The average Bonchev–Trinajstić information content (AvgIpc) is 3.98. The lowest BCUT2D eigenvalue weighted by Gasteiger charge is -2.27. The number of primary amides is 1. The third-order valence-electron chi connectivity index (χ3n) is 9.67. The zero-order valence-electron chi connectivity index (χ0n) is 32.7. The Morgan fingerprint density at radius 1 is 0.984 bits per heavy atom. The number of hydrogen-bond acceptors (Lipinski definition) is 12. The quantitative estimate of drug-likeness (QED) is 0.0738. The predicted octanol–water partition coefficient (Wildman–Crippen LogP) is 4.25. The van der Waals surface area contributed by atoms with E-state index in [0.717, 1.165) is 11.2 Å². The molecule has 5 heterocycles. The maximum atomic E-state index is 13.2. The Kier molecular flexibility index (Phi) is 12.3. The number of ketones is 1. The van der Waals surface area contributed by atoms with E-state index in [0.29, 0.717) is 22.5 Å². The Hall–Kier alpha value is -8.39. The average molecular weight is 860 g/mol. The molecule has 6 amide bonds. The maximum Gasteiger partial charge on any atom is 0.389 e. The Bertz CT molecular complexity index is 2830. The number of alkyl halides is 3. The molecule has 7 rings (SSSR count). The fraction of sp³-hybridized carbons (Fsp3) is 0.209. The van der Waals surface area contributed by atoms with Crippen LogP contribution in [0.5, 0.6) is 0 Å². The first-order valence-corrected chi connectivity index (χ1v) is 19.0. The molecule has 5 N–H and O–H groups in total. The second kappa shape index (κ2) is 18.1. The van der Waals surface area contributed by atoms with Gasteiger partial charge in [0.2, 0.25) is 17.7 Å². The monoisotopic (exact) mass is 859 g/mol. The van der Waals surface area contributed by atoms with E-state index < -0.39 is 54.1 Å². The van der Waals surface area contributed by atoms with Crippen molar-refractivity contribution in [2.24, 2.45) is 5.73 Å². The molecule has 1 saturated heterocycles. The van der Waals surface area contributed by atoms with E-state index in [1.54, 1.807) is 36.4 Å². The summed E-state index contributed by atoms with van der Waals surface area (Å²) < 4.78 is 44.7. The number of halogens is 3. The lowest BCUT2D eigenvalue weighted by molar-refractivity contribution is -0.136. The fourth-order valence-corrected chi connectivity index (χ4v) is 6.61. The number of nitrogens with one attached hydrogen (secondary N) is 3. The summed E-state index contributed by atoms with van der Waals surface area (Å²) in [4.78, 5) is 97.3. The molecule has 0 aliphatic carbocycles. The van der Waals surface area contributed by atoms with Gasteiger partial charge >= 0.3 is 6.18 Å². The molecule has 0 bridgehead atoms. The van der Waals surface area contributed by atoms with Crippen molar-refractivity contribution in [3.05, 3.63) is 107 Å². The zero-order chi connectivity index (χ0) is 44.8. The molecule has 1 atom stereocenters. The molecule has 1 fully saturated rings. The highest BCUT2D eigenvalue weighted by Crippen LogP contribution is 2.32. The summed E-state index contributed by atoms with van der Waals surface area (Å²) in [5.41, 5.74) is 6.82. The first-order chi connectivity index (χ1) is 30.2. The molecule has 0 spiro atoms. The van der Waals surface area contributed by atoms with Crippen molar-refractivity contribution in [2.75, 3.05) is 17.2 Å². The Morgan fingerprint density at radius 2 is 1.76 bits per heavy atom. The number of piperidine rings is 1. The molecule has 0 saturated carbocycles. The highest BCUT2D eigenvalue weighted by Gasteiger charge is 2.45. The highest BCUT2D eigenvalue weighted by atomic mass is 19.4. The van der Waals surface area contributed by atoms with E-state index in [4.69, 9.17) is 10.2 Å². The molecule has 2 aliphatic heterocycles. The standard InChI is InChI=1S/C43H32F3N9O8/c44-43(45,46)18-16-26-21-25(17-20-48-26)40-51-31(23-63-40)38(59)50-30-22-54(53-36(30)37(47)58)27-12-10-24(11-13-27)33(56)9-4-2-1-3-5-19-49-29-8-6-7-28-35(29)42(62)55(41(28)61)32-14-15-34(57)52-39(32)60/h6-8,10-13,17,20-23,32,49H,4,9,14-16,18-19H2,(H2,47,58)(H,50,59)(H,52,57,60). The van der Waals surface area contributed by atoms with Crippen LogP contribution in [-0.2, 0) is 16.0 Å². The molecule has 2 aromatic carbocycles. The minimum atomic E-state index is -4.36. The van der Waals surface area contributed by atoms with Gasteiger partial charge in [-0.3, -0.25) is 48.8 Å². The molecule has 5 aromatic rings. The zero-order valence-corrected chi connectivity index (χ0v) is 32.7. The Morgan fingerprint density at radius 3 is 2.51 bits per heavy atom. The van der Waals surface area contributed by atoms with Gasteiger partial charge in [0.15, 0.2) is 17.2 Å². The van der Waals surface area contributed by atoms with E-state index in [-0.39, 0.29) is 84.2 Å². The fourth-order valence-electron chi connectivity index (χ4n) is 6.61.